The van der Waals surface area contributed by atoms with Gasteiger partial charge in [-0.1, -0.05) is 19.3 Å². The Morgan fingerprint density at radius 2 is 2.00 bits per heavy atom. The number of aryl methyl sites for hydroxylation is 2. The molecule has 0 amide bonds. The minimum Gasteiger partial charge on any atom is -0.325 e. The third-order valence-electron chi connectivity index (χ3n) is 3.60. The van der Waals surface area contributed by atoms with Gasteiger partial charge in [0.2, 0.25) is 0 Å². The third kappa shape index (κ3) is 1.93. The minimum atomic E-state index is 0.614. The molecule has 15 heavy (non-hydrogen) atoms. The predicted molar refractivity (Wildman–Crippen MR) is 61.7 cm³/mol. The van der Waals surface area contributed by atoms with Crippen molar-refractivity contribution in [1.82, 2.24) is 9.78 Å². The van der Waals surface area contributed by atoms with Crippen LogP contribution in [0, 0.1) is 6.92 Å². The Balaban J connectivity index is 2.32. The quantitative estimate of drug-likeness (QED) is 0.808. The van der Waals surface area contributed by atoms with Crippen molar-refractivity contribution in [2.75, 3.05) is 0 Å². The maximum absolute atomic E-state index is 5.81. The van der Waals surface area contributed by atoms with Gasteiger partial charge in [-0.05, 0) is 25.7 Å². The second-order valence-corrected chi connectivity index (χ2v) is 4.61. The lowest BCUT2D eigenvalue weighted by atomic mass is 9.83. The van der Waals surface area contributed by atoms with E-state index in [0.29, 0.717) is 12.5 Å². The zero-order chi connectivity index (χ0) is 10.8. The van der Waals surface area contributed by atoms with Crippen molar-refractivity contribution in [3.63, 3.8) is 0 Å². The number of nitrogens with zero attached hydrogens (tertiary/aromatic N) is 2. The summed E-state index contributed by atoms with van der Waals surface area (Å²) in [6.45, 7) is 2.73. The van der Waals surface area contributed by atoms with Gasteiger partial charge in [-0.15, -0.1) is 0 Å². The topological polar surface area (TPSA) is 43.8 Å². The molecule has 3 nitrogen and oxygen atoms in total. The summed E-state index contributed by atoms with van der Waals surface area (Å²) in [4.78, 5) is 0. The van der Waals surface area contributed by atoms with Gasteiger partial charge >= 0.3 is 0 Å². The molecule has 1 aliphatic carbocycles. The zero-order valence-electron chi connectivity index (χ0n) is 9.79. The molecule has 1 saturated carbocycles. The van der Waals surface area contributed by atoms with E-state index in [1.165, 1.54) is 49.1 Å². The third-order valence-corrected chi connectivity index (χ3v) is 3.60. The van der Waals surface area contributed by atoms with Gasteiger partial charge in [0.1, 0.15) is 0 Å². The van der Waals surface area contributed by atoms with Crippen LogP contribution in [0.15, 0.2) is 0 Å². The van der Waals surface area contributed by atoms with Crippen LogP contribution in [0.4, 0.5) is 0 Å². The molecule has 0 saturated heterocycles. The summed E-state index contributed by atoms with van der Waals surface area (Å²) >= 11 is 0. The molecule has 0 radical (unpaired) electrons. The molecule has 0 aliphatic heterocycles. The molecule has 1 aromatic rings. The van der Waals surface area contributed by atoms with Crippen molar-refractivity contribution < 1.29 is 0 Å². The Morgan fingerprint density at radius 3 is 2.60 bits per heavy atom. The van der Waals surface area contributed by atoms with Crippen molar-refractivity contribution in [2.45, 2.75) is 51.5 Å². The molecular formula is C12H21N3. The standard InChI is InChI=1S/C12H21N3/c1-9-12(10-6-4-3-5-7-10)11(8-13)15(2)14-9/h10H,3-8,13H2,1-2H3. The van der Waals surface area contributed by atoms with Crippen molar-refractivity contribution in [1.29, 1.82) is 0 Å². The molecule has 2 rings (SSSR count). The molecule has 0 bridgehead atoms. The Bertz CT molecular complexity index is 335. The molecular weight excluding hydrogens is 186 g/mol. The molecule has 1 fully saturated rings. The van der Waals surface area contributed by atoms with Crippen LogP contribution >= 0.6 is 0 Å². The van der Waals surface area contributed by atoms with Crippen LogP contribution in [-0.2, 0) is 13.6 Å². The van der Waals surface area contributed by atoms with Crippen molar-refractivity contribution in [3.05, 3.63) is 17.0 Å². The second-order valence-electron chi connectivity index (χ2n) is 4.61. The van der Waals surface area contributed by atoms with E-state index in [4.69, 9.17) is 5.73 Å². The molecule has 0 unspecified atom stereocenters. The lowest BCUT2D eigenvalue weighted by molar-refractivity contribution is 0.440. The Labute approximate surface area is 91.7 Å². The van der Waals surface area contributed by atoms with Crippen LogP contribution < -0.4 is 5.73 Å². The highest BCUT2D eigenvalue weighted by atomic mass is 15.3. The highest BCUT2D eigenvalue weighted by molar-refractivity contribution is 5.29. The maximum atomic E-state index is 5.81. The van der Waals surface area contributed by atoms with E-state index < -0.39 is 0 Å². The van der Waals surface area contributed by atoms with Crippen LogP contribution in [-0.4, -0.2) is 9.78 Å². The monoisotopic (exact) mass is 207 g/mol. The van der Waals surface area contributed by atoms with Crippen LogP contribution in [0.3, 0.4) is 0 Å². The van der Waals surface area contributed by atoms with Crippen molar-refractivity contribution in [3.8, 4) is 0 Å². The Hall–Kier alpha value is -0.830. The first-order valence-electron chi connectivity index (χ1n) is 5.96. The van der Waals surface area contributed by atoms with Gasteiger partial charge in [0.15, 0.2) is 0 Å². The normalized spacial score (nSPS) is 18.3. The first-order valence-corrected chi connectivity index (χ1v) is 5.96. The Kier molecular flexibility index (Phi) is 3.10. The summed E-state index contributed by atoms with van der Waals surface area (Å²) in [5.41, 5.74) is 9.68. The lowest BCUT2D eigenvalue weighted by Gasteiger charge is -2.22. The molecule has 0 atom stereocenters. The van der Waals surface area contributed by atoms with Crippen LogP contribution in [0.5, 0.6) is 0 Å². The zero-order valence-corrected chi connectivity index (χ0v) is 9.79. The first-order chi connectivity index (χ1) is 7.24. The summed E-state index contributed by atoms with van der Waals surface area (Å²) in [6, 6.07) is 0. The van der Waals surface area contributed by atoms with E-state index in [9.17, 15) is 0 Å². The Morgan fingerprint density at radius 1 is 1.33 bits per heavy atom. The van der Waals surface area contributed by atoms with Crippen LogP contribution in [0.25, 0.3) is 0 Å². The summed E-state index contributed by atoms with van der Waals surface area (Å²) in [5.74, 6) is 0.714. The average molecular weight is 207 g/mol. The summed E-state index contributed by atoms with van der Waals surface area (Å²) < 4.78 is 1.96. The van der Waals surface area contributed by atoms with E-state index >= 15 is 0 Å². The van der Waals surface area contributed by atoms with E-state index in [1.54, 1.807) is 0 Å². The number of nitrogens with two attached hydrogens (primary N) is 1. The number of rotatable bonds is 2. The highest BCUT2D eigenvalue weighted by Crippen LogP contribution is 2.35. The van der Waals surface area contributed by atoms with Gasteiger partial charge in [0, 0.05) is 19.2 Å². The summed E-state index contributed by atoms with van der Waals surface area (Å²) in [7, 11) is 2.00. The molecule has 84 valence electrons. The fourth-order valence-corrected chi connectivity index (χ4v) is 2.89. The van der Waals surface area contributed by atoms with Crippen LogP contribution in [0.2, 0.25) is 0 Å². The van der Waals surface area contributed by atoms with Gasteiger partial charge < -0.3 is 5.73 Å². The van der Waals surface area contributed by atoms with E-state index in [1.807, 2.05) is 11.7 Å². The molecule has 2 N–H and O–H groups in total. The molecule has 3 heteroatoms. The predicted octanol–water partition coefficient (Wildman–Crippen LogP) is 2.23. The summed E-state index contributed by atoms with van der Waals surface area (Å²) in [5, 5.41) is 4.49. The number of aromatic nitrogens is 2. The van der Waals surface area contributed by atoms with Gasteiger partial charge in [0.25, 0.3) is 0 Å². The molecule has 0 spiro atoms. The minimum absolute atomic E-state index is 0.614. The average Bonchev–Trinajstić information content (AvgIpc) is 2.54. The number of hydrogen-bond donors (Lipinski definition) is 1. The molecule has 1 heterocycles. The van der Waals surface area contributed by atoms with E-state index in [2.05, 4.69) is 12.0 Å². The van der Waals surface area contributed by atoms with Crippen molar-refractivity contribution in [2.24, 2.45) is 12.8 Å². The van der Waals surface area contributed by atoms with Gasteiger partial charge in [-0.2, -0.15) is 5.10 Å². The fraction of sp³-hybridized carbons (Fsp3) is 0.750. The van der Waals surface area contributed by atoms with Crippen molar-refractivity contribution >= 4 is 0 Å². The molecule has 0 aromatic carbocycles. The fourth-order valence-electron chi connectivity index (χ4n) is 2.89. The largest absolute Gasteiger partial charge is 0.325 e. The molecule has 1 aliphatic rings. The van der Waals surface area contributed by atoms with Gasteiger partial charge in [-0.3, -0.25) is 4.68 Å². The van der Waals surface area contributed by atoms with E-state index in [0.717, 1.165) is 0 Å². The summed E-state index contributed by atoms with van der Waals surface area (Å²) in [6.07, 6.45) is 6.76. The lowest BCUT2D eigenvalue weighted by Crippen LogP contribution is -2.11. The highest BCUT2D eigenvalue weighted by Gasteiger charge is 2.23. The SMILES string of the molecule is Cc1nn(C)c(CN)c1C1CCCCC1. The molecule has 1 aromatic heterocycles. The second kappa shape index (κ2) is 4.35. The van der Waals surface area contributed by atoms with E-state index in [-0.39, 0.29) is 0 Å². The van der Waals surface area contributed by atoms with Crippen LogP contribution in [0.1, 0.15) is 55.0 Å². The smallest absolute Gasteiger partial charge is 0.0631 e. The van der Waals surface area contributed by atoms with Gasteiger partial charge in [0.05, 0.1) is 11.4 Å². The number of hydrogen-bond acceptors (Lipinski definition) is 2. The maximum Gasteiger partial charge on any atom is 0.0631 e. The first kappa shape index (κ1) is 10.7. The van der Waals surface area contributed by atoms with Gasteiger partial charge in [-0.25, -0.2) is 0 Å².